The molecular formula is C27H23NO3S. The van der Waals surface area contributed by atoms with Crippen LogP contribution in [0.4, 0.5) is 0 Å². The average Bonchev–Trinajstić information content (AvgIpc) is 3.61. The van der Waals surface area contributed by atoms with Gasteiger partial charge in [0.15, 0.2) is 9.84 Å². The highest BCUT2D eigenvalue weighted by Crippen LogP contribution is 2.48. The highest BCUT2D eigenvalue weighted by molar-refractivity contribution is 7.90. The topological polar surface area (TPSA) is 64.1 Å². The fourth-order valence-electron chi connectivity index (χ4n) is 4.31. The summed E-state index contributed by atoms with van der Waals surface area (Å²) in [6.45, 7) is 0. The van der Waals surface area contributed by atoms with Gasteiger partial charge in [-0.1, -0.05) is 60.7 Å². The number of Topliss-reactive ketones (excluding diaryl/α,β-unsaturated/α-hetero) is 1. The molecule has 3 aromatic carbocycles. The van der Waals surface area contributed by atoms with Gasteiger partial charge < -0.3 is 0 Å². The molecule has 0 bridgehead atoms. The van der Waals surface area contributed by atoms with Gasteiger partial charge in [-0.3, -0.25) is 9.78 Å². The van der Waals surface area contributed by atoms with E-state index >= 15 is 0 Å². The van der Waals surface area contributed by atoms with Crippen molar-refractivity contribution >= 4 is 26.4 Å². The molecule has 0 aliphatic heterocycles. The van der Waals surface area contributed by atoms with Crippen molar-refractivity contribution in [1.29, 1.82) is 0 Å². The molecule has 0 spiro atoms. The zero-order valence-electron chi connectivity index (χ0n) is 17.5. The van der Waals surface area contributed by atoms with Gasteiger partial charge in [0.05, 0.1) is 10.6 Å². The number of carbonyl (C=O) groups is 1. The molecule has 1 unspecified atom stereocenters. The first kappa shape index (κ1) is 20.6. The predicted octanol–water partition coefficient (Wildman–Crippen LogP) is 5.12. The maximum Gasteiger partial charge on any atom is 0.182 e. The van der Waals surface area contributed by atoms with Crippen molar-refractivity contribution < 1.29 is 13.2 Å². The quantitative estimate of drug-likeness (QED) is 0.399. The molecular weight excluding hydrogens is 418 g/mol. The third-order valence-corrected chi connectivity index (χ3v) is 7.85. The molecule has 4 nitrogen and oxygen atoms in total. The van der Waals surface area contributed by atoms with E-state index in [4.69, 9.17) is 0 Å². The first-order valence-electron chi connectivity index (χ1n) is 10.7. The highest BCUT2D eigenvalue weighted by atomic mass is 32.2. The predicted molar refractivity (Wildman–Crippen MR) is 125 cm³/mol. The number of pyridine rings is 1. The smallest absolute Gasteiger partial charge is 0.182 e. The Hall–Kier alpha value is -3.31. The van der Waals surface area contributed by atoms with Crippen molar-refractivity contribution in [3.05, 3.63) is 108 Å². The van der Waals surface area contributed by atoms with Crippen LogP contribution in [0.3, 0.4) is 0 Å². The molecule has 0 saturated heterocycles. The molecule has 1 aromatic heterocycles. The van der Waals surface area contributed by atoms with Crippen LogP contribution in [-0.2, 0) is 26.8 Å². The first-order chi connectivity index (χ1) is 15.5. The molecule has 1 fully saturated rings. The third-order valence-electron chi connectivity index (χ3n) is 6.14. The van der Waals surface area contributed by atoms with Crippen molar-refractivity contribution in [1.82, 2.24) is 4.98 Å². The largest absolute Gasteiger partial charge is 0.299 e. The van der Waals surface area contributed by atoms with Gasteiger partial charge in [0.1, 0.15) is 5.78 Å². The molecule has 1 aliphatic rings. The van der Waals surface area contributed by atoms with Crippen molar-refractivity contribution in [2.75, 3.05) is 0 Å². The number of ketones is 1. The first-order valence-corrected chi connectivity index (χ1v) is 12.4. The molecule has 0 amide bonds. The van der Waals surface area contributed by atoms with Crippen LogP contribution in [0, 0.1) is 5.92 Å². The summed E-state index contributed by atoms with van der Waals surface area (Å²) in [5.41, 5.74) is 2.73. The summed E-state index contributed by atoms with van der Waals surface area (Å²) in [5, 5.41) is 2.32. The van der Waals surface area contributed by atoms with E-state index in [-0.39, 0.29) is 23.4 Å². The van der Waals surface area contributed by atoms with Gasteiger partial charge in [-0.15, -0.1) is 0 Å². The molecule has 5 heteroatoms. The molecule has 1 saturated carbocycles. The fraction of sp³-hybridized carbons (Fsp3) is 0.185. The van der Waals surface area contributed by atoms with Crippen molar-refractivity contribution in [2.24, 2.45) is 5.92 Å². The Bertz CT molecular complexity index is 1380. The Morgan fingerprint density at radius 3 is 2.41 bits per heavy atom. The zero-order valence-corrected chi connectivity index (χ0v) is 18.3. The second-order valence-corrected chi connectivity index (χ2v) is 10.5. The lowest BCUT2D eigenvalue weighted by molar-refractivity contribution is -0.119. The SMILES string of the molecule is O=C(Cc1ccc2ccccc2c1)[C@@H]1CC1c1ccc(S(=O)(=O)Cc2cccnc2)cc1. The van der Waals surface area contributed by atoms with Crippen molar-refractivity contribution in [2.45, 2.75) is 29.4 Å². The summed E-state index contributed by atoms with van der Waals surface area (Å²) in [7, 11) is -3.43. The molecule has 4 aromatic rings. The number of nitrogens with zero attached hydrogens (tertiary/aromatic N) is 1. The number of benzene rings is 3. The Morgan fingerprint density at radius 2 is 1.66 bits per heavy atom. The van der Waals surface area contributed by atoms with Crippen molar-refractivity contribution in [3.8, 4) is 0 Å². The summed E-state index contributed by atoms with van der Waals surface area (Å²) in [5.74, 6) is 0.368. The second kappa shape index (κ2) is 8.32. The van der Waals surface area contributed by atoms with E-state index in [0.29, 0.717) is 16.9 Å². The number of hydrogen-bond acceptors (Lipinski definition) is 4. The van der Waals surface area contributed by atoms with E-state index in [1.54, 1.807) is 36.7 Å². The fourth-order valence-corrected chi connectivity index (χ4v) is 5.64. The van der Waals surface area contributed by atoms with Gasteiger partial charge in [-0.2, -0.15) is 0 Å². The maximum atomic E-state index is 12.8. The highest BCUT2D eigenvalue weighted by Gasteiger charge is 2.43. The number of aromatic nitrogens is 1. The van der Waals surface area contributed by atoms with Crippen molar-refractivity contribution in [3.63, 3.8) is 0 Å². The van der Waals surface area contributed by atoms with E-state index in [1.165, 1.54) is 5.39 Å². The molecule has 5 rings (SSSR count). The Kier molecular flexibility index (Phi) is 5.35. The molecule has 32 heavy (non-hydrogen) atoms. The molecule has 0 radical (unpaired) electrons. The molecule has 1 aliphatic carbocycles. The Labute approximate surface area is 187 Å². The second-order valence-electron chi connectivity index (χ2n) is 8.46. The zero-order chi connectivity index (χ0) is 22.1. The lowest BCUT2D eigenvalue weighted by Crippen LogP contribution is -2.07. The third kappa shape index (κ3) is 4.34. The van der Waals surface area contributed by atoms with Crippen LogP contribution in [-0.4, -0.2) is 19.2 Å². The number of sulfone groups is 1. The van der Waals surface area contributed by atoms with Crippen LogP contribution >= 0.6 is 0 Å². The Balaban J connectivity index is 1.24. The van der Waals surface area contributed by atoms with E-state index in [1.807, 2.05) is 30.3 Å². The van der Waals surface area contributed by atoms with Gasteiger partial charge >= 0.3 is 0 Å². The summed E-state index contributed by atoms with van der Waals surface area (Å²) in [4.78, 5) is 17.1. The van der Waals surface area contributed by atoms with E-state index in [2.05, 4.69) is 29.2 Å². The normalized spacial score (nSPS) is 17.9. The average molecular weight is 442 g/mol. The maximum absolute atomic E-state index is 12.8. The molecule has 2 atom stereocenters. The number of hydrogen-bond donors (Lipinski definition) is 0. The molecule has 0 N–H and O–H groups in total. The van der Waals surface area contributed by atoms with Gasteiger partial charge in [-0.25, -0.2) is 8.42 Å². The van der Waals surface area contributed by atoms with Crippen LogP contribution in [0.1, 0.15) is 29.0 Å². The van der Waals surface area contributed by atoms with Crippen LogP contribution < -0.4 is 0 Å². The lowest BCUT2D eigenvalue weighted by Gasteiger charge is -2.07. The monoisotopic (exact) mass is 441 g/mol. The summed E-state index contributed by atoms with van der Waals surface area (Å²) in [6.07, 6.45) is 4.46. The summed E-state index contributed by atoms with van der Waals surface area (Å²) < 4.78 is 25.4. The van der Waals surface area contributed by atoms with Gasteiger partial charge in [0, 0.05) is 24.7 Å². The number of rotatable bonds is 7. The van der Waals surface area contributed by atoms with Gasteiger partial charge in [-0.05, 0) is 58.0 Å². The van der Waals surface area contributed by atoms with E-state index in [9.17, 15) is 13.2 Å². The minimum absolute atomic E-state index is 0.0133. The number of fused-ring (bicyclic) bond motifs is 1. The molecule has 160 valence electrons. The van der Waals surface area contributed by atoms with Crippen LogP contribution in [0.15, 0.2) is 96.2 Å². The standard InChI is InChI=1S/C27H23NO3S/c29-27(15-19-7-8-21-5-1-2-6-23(21)14-19)26-16-25(26)22-9-11-24(12-10-22)32(30,31)18-20-4-3-13-28-17-20/h1-14,17,25-26H,15-16,18H2/t25?,26-/m1/s1. The number of carbonyl (C=O) groups excluding carboxylic acids is 1. The Morgan fingerprint density at radius 1 is 0.875 bits per heavy atom. The minimum Gasteiger partial charge on any atom is -0.299 e. The van der Waals surface area contributed by atoms with Gasteiger partial charge in [0.2, 0.25) is 0 Å². The van der Waals surface area contributed by atoms with E-state index < -0.39 is 9.84 Å². The lowest BCUT2D eigenvalue weighted by atomic mass is 10.00. The summed E-state index contributed by atoms with van der Waals surface area (Å²) in [6, 6.07) is 24.8. The van der Waals surface area contributed by atoms with Crippen LogP contribution in [0.5, 0.6) is 0 Å². The summed E-state index contributed by atoms with van der Waals surface area (Å²) >= 11 is 0. The van der Waals surface area contributed by atoms with E-state index in [0.717, 1.165) is 22.9 Å². The molecule has 1 heterocycles. The van der Waals surface area contributed by atoms with Gasteiger partial charge in [0.25, 0.3) is 0 Å². The minimum atomic E-state index is -3.43. The van der Waals surface area contributed by atoms with Crippen LogP contribution in [0.2, 0.25) is 0 Å². The van der Waals surface area contributed by atoms with Crippen LogP contribution in [0.25, 0.3) is 10.8 Å².